The van der Waals surface area contributed by atoms with Crippen molar-refractivity contribution in [1.29, 1.82) is 0 Å². The van der Waals surface area contributed by atoms with E-state index in [0.29, 0.717) is 6.04 Å². The van der Waals surface area contributed by atoms with Gasteiger partial charge in [-0.3, -0.25) is 4.90 Å². The second-order valence-electron chi connectivity index (χ2n) is 6.29. The zero-order valence-electron chi connectivity index (χ0n) is 13.2. The molecule has 3 rings (SSSR count). The van der Waals surface area contributed by atoms with E-state index in [0.717, 1.165) is 25.2 Å². The number of fused-ring (bicyclic) bond motifs is 1. The van der Waals surface area contributed by atoms with Crippen molar-refractivity contribution in [1.82, 2.24) is 15.2 Å². The molecule has 1 fully saturated rings. The molecule has 0 spiro atoms. The third kappa shape index (κ3) is 2.98. The predicted octanol–water partition coefficient (Wildman–Crippen LogP) is 3.65. The number of hydrogen-bond acceptors (Lipinski definition) is 4. The van der Waals surface area contributed by atoms with Crippen molar-refractivity contribution in [2.75, 3.05) is 13.1 Å². The van der Waals surface area contributed by atoms with E-state index < -0.39 is 0 Å². The third-order valence-corrected chi connectivity index (χ3v) is 5.92. The molecule has 0 bridgehead atoms. The summed E-state index contributed by atoms with van der Waals surface area (Å²) in [6, 6.07) is 9.06. The monoisotopic (exact) mass is 303 g/mol. The molecule has 2 atom stereocenters. The van der Waals surface area contributed by atoms with Crippen molar-refractivity contribution in [3.05, 3.63) is 29.3 Å². The van der Waals surface area contributed by atoms with Gasteiger partial charge in [0.2, 0.25) is 0 Å². The third-order valence-electron chi connectivity index (χ3n) is 4.89. The summed E-state index contributed by atoms with van der Waals surface area (Å²) in [5.41, 5.74) is 1.38. The summed E-state index contributed by atoms with van der Waals surface area (Å²) in [7, 11) is 0. The highest BCUT2D eigenvalue weighted by Gasteiger charge is 2.36. The first-order valence-corrected chi connectivity index (χ1v) is 8.79. The lowest BCUT2D eigenvalue weighted by atomic mass is 9.91. The predicted molar refractivity (Wildman–Crippen MR) is 90.8 cm³/mol. The smallest absolute Gasteiger partial charge is 0.108 e. The summed E-state index contributed by atoms with van der Waals surface area (Å²) in [5.74, 6) is 0. The molecule has 0 radical (unpaired) electrons. The average molecular weight is 303 g/mol. The Labute approximate surface area is 131 Å². The van der Waals surface area contributed by atoms with E-state index in [1.807, 2.05) is 11.3 Å². The van der Waals surface area contributed by atoms with Crippen molar-refractivity contribution in [3.8, 4) is 0 Å². The van der Waals surface area contributed by atoms with Crippen LogP contribution in [0.25, 0.3) is 10.2 Å². The quantitative estimate of drug-likeness (QED) is 0.934. The van der Waals surface area contributed by atoms with Crippen LogP contribution in [0.2, 0.25) is 0 Å². The van der Waals surface area contributed by atoms with E-state index in [2.05, 4.69) is 55.3 Å². The lowest BCUT2D eigenvalue weighted by Crippen LogP contribution is -2.62. The molecule has 2 aromatic rings. The zero-order chi connectivity index (χ0) is 14.9. The van der Waals surface area contributed by atoms with Gasteiger partial charge in [-0.1, -0.05) is 26.0 Å². The number of nitrogens with one attached hydrogen (secondary N) is 1. The second-order valence-corrected chi connectivity index (χ2v) is 7.41. The van der Waals surface area contributed by atoms with Crippen LogP contribution in [-0.2, 0) is 6.54 Å². The maximum atomic E-state index is 4.81. The molecule has 1 aliphatic heterocycles. The van der Waals surface area contributed by atoms with Gasteiger partial charge in [0.05, 0.1) is 16.8 Å². The van der Waals surface area contributed by atoms with Crippen molar-refractivity contribution in [2.24, 2.45) is 0 Å². The van der Waals surface area contributed by atoms with Crippen LogP contribution in [0.4, 0.5) is 0 Å². The van der Waals surface area contributed by atoms with E-state index in [9.17, 15) is 0 Å². The summed E-state index contributed by atoms with van der Waals surface area (Å²) in [4.78, 5) is 7.45. The molecule has 21 heavy (non-hydrogen) atoms. The topological polar surface area (TPSA) is 28.2 Å². The van der Waals surface area contributed by atoms with Crippen LogP contribution in [0.15, 0.2) is 24.3 Å². The summed E-state index contributed by atoms with van der Waals surface area (Å²) >= 11 is 1.84. The summed E-state index contributed by atoms with van der Waals surface area (Å²) in [6.45, 7) is 10.1. The molecule has 1 aliphatic rings. The molecular weight excluding hydrogens is 278 g/mol. The molecule has 114 valence electrons. The summed E-state index contributed by atoms with van der Waals surface area (Å²) < 4.78 is 1.30. The van der Waals surface area contributed by atoms with E-state index in [1.54, 1.807) is 0 Å². The van der Waals surface area contributed by atoms with E-state index in [1.165, 1.54) is 22.5 Å². The minimum absolute atomic E-state index is 0.240. The first-order chi connectivity index (χ1) is 10.1. The molecule has 2 heterocycles. The Bertz CT molecular complexity index is 576. The number of para-hydroxylation sites is 1. The number of piperazine rings is 1. The normalized spacial score (nSPS) is 27.3. The van der Waals surface area contributed by atoms with Gasteiger partial charge in [-0.25, -0.2) is 4.98 Å². The van der Waals surface area contributed by atoms with Gasteiger partial charge in [0.1, 0.15) is 5.01 Å². The Hall–Kier alpha value is -0.970. The maximum absolute atomic E-state index is 4.81. The van der Waals surface area contributed by atoms with Crippen molar-refractivity contribution >= 4 is 21.6 Å². The summed E-state index contributed by atoms with van der Waals surface area (Å²) in [5, 5.41) is 4.94. The molecule has 1 saturated heterocycles. The lowest BCUT2D eigenvalue weighted by molar-refractivity contribution is 0.0408. The van der Waals surface area contributed by atoms with Gasteiger partial charge in [0.15, 0.2) is 0 Å². The maximum Gasteiger partial charge on any atom is 0.108 e. The summed E-state index contributed by atoms with van der Waals surface area (Å²) in [6.07, 6.45) is 2.36. The Balaban J connectivity index is 1.82. The number of thiazole rings is 1. The molecule has 1 aromatic carbocycles. The van der Waals surface area contributed by atoms with Gasteiger partial charge in [0, 0.05) is 24.7 Å². The molecular formula is C17H25N3S. The number of rotatable bonds is 4. The lowest BCUT2D eigenvalue weighted by Gasteiger charge is -2.47. The van der Waals surface area contributed by atoms with Crippen LogP contribution in [0, 0.1) is 0 Å². The van der Waals surface area contributed by atoms with E-state index in [-0.39, 0.29) is 5.54 Å². The molecule has 1 N–H and O–H groups in total. The zero-order valence-corrected chi connectivity index (χ0v) is 14.0. The van der Waals surface area contributed by atoms with Crippen LogP contribution in [0.3, 0.4) is 0 Å². The van der Waals surface area contributed by atoms with E-state index in [4.69, 9.17) is 4.98 Å². The van der Waals surface area contributed by atoms with Gasteiger partial charge in [-0.15, -0.1) is 11.3 Å². The standard InChI is InChI=1S/C17H25N3S/c1-4-13-10-20(17(3,5-2)12-18-13)11-16-19-14-8-6-7-9-15(14)21-16/h6-9,13,18H,4-5,10-12H2,1-3H3. The highest BCUT2D eigenvalue weighted by atomic mass is 32.1. The number of aromatic nitrogens is 1. The fourth-order valence-corrected chi connectivity index (χ4v) is 4.04. The molecule has 1 aromatic heterocycles. The fourth-order valence-electron chi connectivity index (χ4n) is 3.06. The highest BCUT2D eigenvalue weighted by molar-refractivity contribution is 7.18. The van der Waals surface area contributed by atoms with E-state index >= 15 is 0 Å². The minimum atomic E-state index is 0.240. The Morgan fingerprint density at radius 1 is 1.38 bits per heavy atom. The van der Waals surface area contributed by atoms with Gasteiger partial charge >= 0.3 is 0 Å². The Morgan fingerprint density at radius 2 is 2.19 bits per heavy atom. The molecule has 4 heteroatoms. The van der Waals surface area contributed by atoms with Crippen molar-refractivity contribution in [2.45, 2.75) is 51.7 Å². The average Bonchev–Trinajstić information content (AvgIpc) is 2.92. The first-order valence-electron chi connectivity index (χ1n) is 7.97. The fraction of sp³-hybridized carbons (Fsp3) is 0.588. The minimum Gasteiger partial charge on any atom is -0.311 e. The van der Waals surface area contributed by atoms with Crippen LogP contribution in [0.5, 0.6) is 0 Å². The van der Waals surface area contributed by atoms with Crippen LogP contribution in [-0.4, -0.2) is 34.6 Å². The van der Waals surface area contributed by atoms with Gasteiger partial charge in [-0.2, -0.15) is 0 Å². The first kappa shape index (κ1) is 14.9. The number of benzene rings is 1. The van der Waals surface area contributed by atoms with Crippen molar-refractivity contribution in [3.63, 3.8) is 0 Å². The van der Waals surface area contributed by atoms with Crippen LogP contribution in [0.1, 0.15) is 38.6 Å². The van der Waals surface area contributed by atoms with Crippen LogP contribution >= 0.6 is 11.3 Å². The van der Waals surface area contributed by atoms with Gasteiger partial charge in [-0.05, 0) is 31.9 Å². The molecule has 0 aliphatic carbocycles. The molecule has 3 nitrogen and oxygen atoms in total. The Morgan fingerprint density at radius 3 is 2.90 bits per heavy atom. The Kier molecular flexibility index (Phi) is 4.29. The van der Waals surface area contributed by atoms with Gasteiger partial charge in [0.25, 0.3) is 0 Å². The largest absolute Gasteiger partial charge is 0.311 e. The molecule has 2 unspecified atom stereocenters. The van der Waals surface area contributed by atoms with Crippen LogP contribution < -0.4 is 5.32 Å². The molecule has 0 saturated carbocycles. The number of nitrogens with zero attached hydrogens (tertiary/aromatic N) is 2. The SMILES string of the molecule is CCC1CN(Cc2nc3ccccc3s2)C(C)(CC)CN1. The van der Waals surface area contributed by atoms with Crippen molar-refractivity contribution < 1.29 is 0 Å². The molecule has 0 amide bonds. The second kappa shape index (κ2) is 6.03. The van der Waals surface area contributed by atoms with Gasteiger partial charge < -0.3 is 5.32 Å². The highest BCUT2D eigenvalue weighted by Crippen LogP contribution is 2.29. The number of hydrogen-bond donors (Lipinski definition) is 1.